The molecule has 0 aromatic heterocycles. The first-order valence-electron chi connectivity index (χ1n) is 12.2. The van der Waals surface area contributed by atoms with Gasteiger partial charge in [-0.15, -0.1) is 0 Å². The van der Waals surface area contributed by atoms with Gasteiger partial charge >= 0.3 is 6.09 Å². The van der Waals surface area contributed by atoms with Crippen LogP contribution in [0.5, 0.6) is 5.75 Å². The highest BCUT2D eigenvalue weighted by Crippen LogP contribution is 2.33. The van der Waals surface area contributed by atoms with Crippen molar-refractivity contribution in [1.82, 2.24) is 14.5 Å². The second kappa shape index (κ2) is 12.2. The van der Waals surface area contributed by atoms with Crippen molar-refractivity contribution in [3.63, 3.8) is 0 Å². The number of nitrogens with one attached hydrogen (secondary N) is 1. The number of ether oxygens (including phenoxy) is 1. The van der Waals surface area contributed by atoms with E-state index in [9.17, 15) is 18.0 Å². The molecule has 1 saturated heterocycles. The van der Waals surface area contributed by atoms with Crippen molar-refractivity contribution in [1.29, 1.82) is 0 Å². The summed E-state index contributed by atoms with van der Waals surface area (Å²) in [5, 5.41) is 2.95. The van der Waals surface area contributed by atoms with Crippen molar-refractivity contribution in [2.24, 2.45) is 5.92 Å². The summed E-state index contributed by atoms with van der Waals surface area (Å²) in [5.74, 6) is 0.173. The molecule has 2 aromatic rings. The Morgan fingerprint density at radius 3 is 2.14 bits per heavy atom. The predicted octanol–water partition coefficient (Wildman–Crippen LogP) is 3.85. The van der Waals surface area contributed by atoms with Gasteiger partial charge in [-0.3, -0.25) is 4.79 Å². The lowest BCUT2D eigenvalue weighted by Crippen LogP contribution is -2.43. The topological polar surface area (TPSA) is 96.0 Å². The zero-order valence-corrected chi connectivity index (χ0v) is 21.5. The second-order valence-corrected chi connectivity index (χ2v) is 10.5. The molecule has 3 rings (SSSR count). The van der Waals surface area contributed by atoms with E-state index in [1.807, 2.05) is 37.3 Å². The van der Waals surface area contributed by atoms with Crippen molar-refractivity contribution in [2.75, 3.05) is 32.7 Å². The number of likely N-dealkylation sites (N-methyl/N-ethyl adjacent to an activating group) is 1. The number of benzene rings is 2. The average molecular weight is 502 g/mol. The smallest absolute Gasteiger partial charge is 0.410 e. The number of hydrogen-bond donors (Lipinski definition) is 1. The molecule has 35 heavy (non-hydrogen) atoms. The number of amides is 2. The molecule has 1 heterocycles. The molecule has 8 nitrogen and oxygen atoms in total. The van der Waals surface area contributed by atoms with E-state index >= 15 is 0 Å². The van der Waals surface area contributed by atoms with Gasteiger partial charge in [-0.25, -0.2) is 13.2 Å². The number of carbonyl (C=O) groups excluding carboxylic acids is 2. The molecule has 0 bridgehead atoms. The Bertz CT molecular complexity index is 1080. The SMILES string of the molecule is CCNC(=O)C(c1ccccc1)C1CCN(C(=O)Oc2ccc(S(=O)(=O)N(CC)CC)cc2)CC1. The summed E-state index contributed by atoms with van der Waals surface area (Å²) >= 11 is 0. The highest BCUT2D eigenvalue weighted by molar-refractivity contribution is 7.89. The number of sulfonamides is 1. The van der Waals surface area contributed by atoms with E-state index in [1.165, 1.54) is 28.6 Å². The lowest BCUT2D eigenvalue weighted by molar-refractivity contribution is -0.124. The van der Waals surface area contributed by atoms with E-state index in [0.29, 0.717) is 51.3 Å². The third-order valence-corrected chi connectivity index (χ3v) is 8.50. The maximum atomic E-state index is 12.8. The molecule has 1 fully saturated rings. The fraction of sp³-hybridized carbons (Fsp3) is 0.462. The number of hydrogen-bond acceptors (Lipinski definition) is 5. The van der Waals surface area contributed by atoms with Crippen LogP contribution in [0.15, 0.2) is 59.5 Å². The van der Waals surface area contributed by atoms with Gasteiger partial charge in [-0.1, -0.05) is 44.2 Å². The van der Waals surface area contributed by atoms with E-state index in [4.69, 9.17) is 4.74 Å². The minimum absolute atomic E-state index is 0.0134. The molecule has 1 aliphatic heterocycles. The van der Waals surface area contributed by atoms with E-state index in [2.05, 4.69) is 5.32 Å². The average Bonchev–Trinajstić information content (AvgIpc) is 2.86. The minimum Gasteiger partial charge on any atom is -0.410 e. The molecule has 0 spiro atoms. The zero-order chi connectivity index (χ0) is 25.4. The van der Waals surface area contributed by atoms with Gasteiger partial charge in [0.2, 0.25) is 15.9 Å². The van der Waals surface area contributed by atoms with Gasteiger partial charge in [-0.2, -0.15) is 4.31 Å². The standard InChI is InChI=1S/C26H35N3O5S/c1-4-27-25(30)24(20-10-8-7-9-11-20)21-16-18-28(19-17-21)26(31)34-22-12-14-23(15-13-22)35(32,33)29(5-2)6-3/h7-15,21,24H,4-6,16-19H2,1-3H3,(H,27,30). The summed E-state index contributed by atoms with van der Waals surface area (Å²) in [6.07, 6.45) is 0.900. The molecule has 9 heteroatoms. The van der Waals surface area contributed by atoms with Crippen LogP contribution in [-0.2, 0) is 14.8 Å². The quantitative estimate of drug-likeness (QED) is 0.563. The van der Waals surface area contributed by atoms with Crippen LogP contribution in [0.3, 0.4) is 0 Å². The minimum atomic E-state index is -3.57. The molecule has 1 unspecified atom stereocenters. The maximum Gasteiger partial charge on any atom is 0.415 e. The van der Waals surface area contributed by atoms with E-state index in [0.717, 1.165) is 5.56 Å². The molecule has 0 saturated carbocycles. The number of rotatable bonds is 9. The third kappa shape index (κ3) is 6.41. The first-order chi connectivity index (χ1) is 16.8. The van der Waals surface area contributed by atoms with Gasteiger partial charge in [0, 0.05) is 32.7 Å². The van der Waals surface area contributed by atoms with Crippen LogP contribution >= 0.6 is 0 Å². The van der Waals surface area contributed by atoms with Crippen LogP contribution in [0.2, 0.25) is 0 Å². The molecule has 1 N–H and O–H groups in total. The van der Waals surface area contributed by atoms with Gasteiger partial charge in [0.05, 0.1) is 10.8 Å². The highest BCUT2D eigenvalue weighted by Gasteiger charge is 2.34. The number of carbonyl (C=O) groups is 2. The summed E-state index contributed by atoms with van der Waals surface area (Å²) in [7, 11) is -3.57. The highest BCUT2D eigenvalue weighted by atomic mass is 32.2. The Balaban J connectivity index is 1.61. The van der Waals surface area contributed by atoms with Gasteiger partial charge in [-0.05, 0) is 55.5 Å². The molecular formula is C26H35N3O5S. The first kappa shape index (κ1) is 26.7. The van der Waals surface area contributed by atoms with Crippen LogP contribution < -0.4 is 10.1 Å². The number of likely N-dealkylation sites (tertiary alicyclic amines) is 1. The molecular weight excluding hydrogens is 466 g/mol. The van der Waals surface area contributed by atoms with E-state index in [1.54, 1.807) is 18.7 Å². The Morgan fingerprint density at radius 2 is 1.60 bits per heavy atom. The Hall–Kier alpha value is -2.91. The normalized spacial score (nSPS) is 15.6. The van der Waals surface area contributed by atoms with Crippen LogP contribution in [0.25, 0.3) is 0 Å². The Labute approximate surface area is 208 Å². The molecule has 190 valence electrons. The summed E-state index contributed by atoms with van der Waals surface area (Å²) < 4.78 is 32.1. The molecule has 2 amide bonds. The Morgan fingerprint density at radius 1 is 1.00 bits per heavy atom. The predicted molar refractivity (Wildman–Crippen MR) is 135 cm³/mol. The van der Waals surface area contributed by atoms with Crippen LogP contribution in [0.1, 0.15) is 45.1 Å². The summed E-state index contributed by atoms with van der Waals surface area (Å²) in [4.78, 5) is 27.3. The summed E-state index contributed by atoms with van der Waals surface area (Å²) in [5.41, 5.74) is 0.985. The summed E-state index contributed by atoms with van der Waals surface area (Å²) in [6.45, 7) is 7.80. The monoisotopic (exact) mass is 501 g/mol. The molecule has 1 atom stereocenters. The molecule has 1 aliphatic rings. The third-order valence-electron chi connectivity index (χ3n) is 6.43. The summed E-state index contributed by atoms with van der Waals surface area (Å²) in [6, 6.07) is 15.7. The maximum absolute atomic E-state index is 12.8. The van der Waals surface area contributed by atoms with Crippen molar-refractivity contribution in [3.05, 3.63) is 60.2 Å². The zero-order valence-electron chi connectivity index (χ0n) is 20.6. The van der Waals surface area contributed by atoms with Crippen molar-refractivity contribution in [3.8, 4) is 5.75 Å². The van der Waals surface area contributed by atoms with Gasteiger partial charge in [0.1, 0.15) is 5.75 Å². The second-order valence-electron chi connectivity index (χ2n) is 8.54. The first-order valence-corrected chi connectivity index (χ1v) is 13.6. The van der Waals surface area contributed by atoms with Gasteiger partial charge in [0.15, 0.2) is 0 Å². The van der Waals surface area contributed by atoms with Crippen LogP contribution in [0, 0.1) is 5.92 Å². The lowest BCUT2D eigenvalue weighted by Gasteiger charge is -2.35. The fourth-order valence-electron chi connectivity index (χ4n) is 4.56. The van der Waals surface area contributed by atoms with Crippen LogP contribution in [0.4, 0.5) is 4.79 Å². The van der Waals surface area contributed by atoms with Crippen LogP contribution in [-0.4, -0.2) is 62.3 Å². The van der Waals surface area contributed by atoms with Crippen molar-refractivity contribution in [2.45, 2.75) is 44.4 Å². The lowest BCUT2D eigenvalue weighted by atomic mass is 9.79. The number of piperidine rings is 1. The Kier molecular flexibility index (Phi) is 9.28. The van der Waals surface area contributed by atoms with Gasteiger partial charge < -0.3 is 15.0 Å². The van der Waals surface area contributed by atoms with Gasteiger partial charge in [0.25, 0.3) is 0 Å². The molecule has 2 aromatic carbocycles. The van der Waals surface area contributed by atoms with E-state index < -0.39 is 16.1 Å². The fourth-order valence-corrected chi connectivity index (χ4v) is 6.01. The molecule has 0 aliphatic carbocycles. The van der Waals surface area contributed by atoms with E-state index in [-0.39, 0.29) is 22.6 Å². The molecule has 0 radical (unpaired) electrons. The van der Waals surface area contributed by atoms with Crippen molar-refractivity contribution >= 4 is 22.0 Å². The number of nitrogens with zero attached hydrogens (tertiary/aromatic N) is 2. The largest absolute Gasteiger partial charge is 0.415 e. The van der Waals surface area contributed by atoms with Crippen molar-refractivity contribution < 1.29 is 22.7 Å².